The minimum Gasteiger partial charge on any atom is -0.466 e. The van der Waals surface area contributed by atoms with Crippen molar-refractivity contribution in [3.8, 4) is 0 Å². The number of carbonyl (C=O) groups is 3. The number of amides is 1. The third kappa shape index (κ3) is 5.66. The average Bonchev–Trinajstić information content (AvgIpc) is 2.36. The van der Waals surface area contributed by atoms with Crippen molar-refractivity contribution in [1.29, 1.82) is 0 Å². The van der Waals surface area contributed by atoms with Crippen LogP contribution in [0.5, 0.6) is 0 Å². The molecule has 0 bridgehead atoms. The quantitative estimate of drug-likeness (QED) is 0.589. The van der Waals surface area contributed by atoms with Gasteiger partial charge in [-0.05, 0) is 47.5 Å². The lowest BCUT2D eigenvalue weighted by molar-refractivity contribution is -0.146. The fourth-order valence-electron chi connectivity index (χ4n) is 2.55. The fourth-order valence-corrected chi connectivity index (χ4v) is 2.55. The summed E-state index contributed by atoms with van der Waals surface area (Å²) in [6.07, 6.45) is 0.577. The Morgan fingerprint density at radius 3 is 2.36 bits per heavy atom. The molecule has 1 rings (SSSR count). The van der Waals surface area contributed by atoms with Crippen molar-refractivity contribution in [2.75, 3.05) is 13.2 Å². The number of nitrogens with zero attached hydrogens (tertiary/aromatic N) is 1. The maximum atomic E-state index is 12.1. The smallest absolute Gasteiger partial charge is 0.410 e. The van der Waals surface area contributed by atoms with Crippen molar-refractivity contribution >= 4 is 17.8 Å². The summed E-state index contributed by atoms with van der Waals surface area (Å²) in [5.41, 5.74) is -0.534. The molecule has 0 aromatic rings. The van der Waals surface area contributed by atoms with Gasteiger partial charge in [0.05, 0.1) is 6.61 Å². The molecule has 6 heteroatoms. The minimum atomic E-state index is -0.534. The standard InChI is InChI=1S/C16H27NO5/c1-6-21-14(19)10-13(18)12-7-8-17(11(2)9-12)15(20)22-16(3,4)5/h11-12H,6-10H2,1-5H3. The molecule has 0 spiro atoms. The molecule has 1 fully saturated rings. The Morgan fingerprint density at radius 2 is 1.86 bits per heavy atom. The number of carbonyl (C=O) groups excluding carboxylic acids is 3. The number of likely N-dealkylation sites (tertiary alicyclic amines) is 1. The fraction of sp³-hybridized carbons (Fsp3) is 0.812. The number of hydrogen-bond acceptors (Lipinski definition) is 5. The third-order valence-electron chi connectivity index (χ3n) is 3.58. The molecule has 1 heterocycles. The molecule has 1 aliphatic rings. The normalized spacial score (nSPS) is 22.1. The highest BCUT2D eigenvalue weighted by atomic mass is 16.6. The number of hydrogen-bond donors (Lipinski definition) is 0. The van der Waals surface area contributed by atoms with E-state index >= 15 is 0 Å². The zero-order valence-electron chi connectivity index (χ0n) is 14.2. The number of ether oxygens (including phenoxy) is 2. The van der Waals surface area contributed by atoms with Crippen LogP contribution in [0.3, 0.4) is 0 Å². The van der Waals surface area contributed by atoms with Crippen LogP contribution in [0.25, 0.3) is 0 Å². The molecular formula is C16H27NO5. The van der Waals surface area contributed by atoms with E-state index in [2.05, 4.69) is 0 Å². The van der Waals surface area contributed by atoms with E-state index in [1.165, 1.54) is 0 Å². The van der Waals surface area contributed by atoms with E-state index in [1.807, 2.05) is 27.7 Å². The second-order valence-corrected chi connectivity index (χ2v) is 6.69. The zero-order valence-corrected chi connectivity index (χ0v) is 14.2. The van der Waals surface area contributed by atoms with Gasteiger partial charge in [0.1, 0.15) is 17.8 Å². The van der Waals surface area contributed by atoms with Gasteiger partial charge in [-0.3, -0.25) is 9.59 Å². The van der Waals surface area contributed by atoms with Gasteiger partial charge in [-0.2, -0.15) is 0 Å². The van der Waals surface area contributed by atoms with Crippen molar-refractivity contribution in [3.05, 3.63) is 0 Å². The number of Topliss-reactive ketones (excluding diaryl/α,β-unsaturated/α-hetero) is 1. The van der Waals surface area contributed by atoms with Gasteiger partial charge in [-0.25, -0.2) is 4.79 Å². The lowest BCUT2D eigenvalue weighted by Crippen LogP contribution is -2.48. The van der Waals surface area contributed by atoms with Crippen LogP contribution in [0.1, 0.15) is 53.9 Å². The van der Waals surface area contributed by atoms with Crippen LogP contribution < -0.4 is 0 Å². The van der Waals surface area contributed by atoms with Gasteiger partial charge in [0, 0.05) is 18.5 Å². The van der Waals surface area contributed by atoms with Crippen molar-refractivity contribution in [1.82, 2.24) is 4.90 Å². The van der Waals surface area contributed by atoms with Crippen molar-refractivity contribution in [2.45, 2.75) is 65.5 Å². The predicted octanol–water partition coefficient (Wildman–Crippen LogP) is 2.54. The van der Waals surface area contributed by atoms with E-state index in [1.54, 1.807) is 11.8 Å². The first-order chi connectivity index (χ1) is 10.1. The summed E-state index contributed by atoms with van der Waals surface area (Å²) in [5.74, 6) is -0.776. The molecule has 0 aliphatic carbocycles. The molecule has 0 saturated carbocycles. The highest BCUT2D eigenvalue weighted by molar-refractivity contribution is 5.96. The zero-order chi connectivity index (χ0) is 16.9. The number of piperidine rings is 1. The van der Waals surface area contributed by atoms with Gasteiger partial charge in [0.15, 0.2) is 0 Å². The second kappa shape index (κ2) is 7.61. The number of rotatable bonds is 4. The maximum absolute atomic E-state index is 12.1. The van der Waals surface area contributed by atoms with Gasteiger partial charge in [0.25, 0.3) is 0 Å². The predicted molar refractivity (Wildman–Crippen MR) is 81.4 cm³/mol. The van der Waals surface area contributed by atoms with E-state index in [0.717, 1.165) is 0 Å². The minimum absolute atomic E-state index is 0.0836. The summed E-state index contributed by atoms with van der Waals surface area (Å²) in [6, 6.07) is -0.0836. The highest BCUT2D eigenvalue weighted by Gasteiger charge is 2.34. The van der Waals surface area contributed by atoms with E-state index < -0.39 is 11.6 Å². The molecule has 2 atom stereocenters. The van der Waals surface area contributed by atoms with E-state index in [4.69, 9.17) is 9.47 Å². The van der Waals surface area contributed by atoms with Gasteiger partial charge in [-0.1, -0.05) is 0 Å². The molecule has 2 unspecified atom stereocenters. The Morgan fingerprint density at radius 1 is 1.23 bits per heavy atom. The monoisotopic (exact) mass is 313 g/mol. The molecule has 126 valence electrons. The largest absolute Gasteiger partial charge is 0.466 e. The van der Waals surface area contributed by atoms with Crippen LogP contribution in [0.4, 0.5) is 4.79 Å². The molecular weight excluding hydrogens is 286 g/mol. The van der Waals surface area contributed by atoms with Crippen LogP contribution in [0, 0.1) is 5.92 Å². The first-order valence-electron chi connectivity index (χ1n) is 7.82. The molecule has 0 N–H and O–H groups in total. The first-order valence-corrected chi connectivity index (χ1v) is 7.82. The Balaban J connectivity index is 2.53. The summed E-state index contributed by atoms with van der Waals surface area (Å²) < 4.78 is 10.2. The van der Waals surface area contributed by atoms with Gasteiger partial charge in [-0.15, -0.1) is 0 Å². The molecule has 0 aromatic carbocycles. The van der Waals surface area contributed by atoms with E-state index in [0.29, 0.717) is 19.4 Å². The summed E-state index contributed by atoms with van der Waals surface area (Å²) in [7, 11) is 0. The highest BCUT2D eigenvalue weighted by Crippen LogP contribution is 2.26. The summed E-state index contributed by atoms with van der Waals surface area (Å²) in [6.45, 7) is 9.83. The summed E-state index contributed by atoms with van der Waals surface area (Å²) in [4.78, 5) is 37.2. The first kappa shape index (κ1) is 18.5. The lowest BCUT2D eigenvalue weighted by Gasteiger charge is -2.37. The topological polar surface area (TPSA) is 72.9 Å². The average molecular weight is 313 g/mol. The number of esters is 1. The Labute approximate surface area is 132 Å². The SMILES string of the molecule is CCOC(=O)CC(=O)C1CCN(C(=O)OC(C)(C)C)C(C)C1. The van der Waals surface area contributed by atoms with Crippen LogP contribution in [-0.2, 0) is 19.1 Å². The van der Waals surface area contributed by atoms with Crippen molar-refractivity contribution in [3.63, 3.8) is 0 Å². The summed E-state index contributed by atoms with van der Waals surface area (Å²) in [5, 5.41) is 0. The Kier molecular flexibility index (Phi) is 6.38. The van der Waals surface area contributed by atoms with Gasteiger partial charge >= 0.3 is 12.1 Å². The van der Waals surface area contributed by atoms with Gasteiger partial charge in [0.2, 0.25) is 0 Å². The molecule has 6 nitrogen and oxygen atoms in total. The van der Waals surface area contributed by atoms with Crippen molar-refractivity contribution < 1.29 is 23.9 Å². The molecule has 1 saturated heterocycles. The molecule has 1 aliphatic heterocycles. The maximum Gasteiger partial charge on any atom is 0.410 e. The number of ketones is 1. The van der Waals surface area contributed by atoms with Crippen molar-refractivity contribution in [2.24, 2.45) is 5.92 Å². The van der Waals surface area contributed by atoms with Gasteiger partial charge < -0.3 is 14.4 Å². The molecule has 0 aromatic heterocycles. The molecule has 22 heavy (non-hydrogen) atoms. The van der Waals surface area contributed by atoms with Crippen LogP contribution in [-0.4, -0.2) is 47.5 Å². The third-order valence-corrected chi connectivity index (χ3v) is 3.58. The molecule has 0 radical (unpaired) electrons. The van der Waals surface area contributed by atoms with E-state index in [-0.39, 0.29) is 36.9 Å². The Hall–Kier alpha value is -1.59. The van der Waals surface area contributed by atoms with Crippen LogP contribution in [0.2, 0.25) is 0 Å². The molecule has 1 amide bonds. The van der Waals surface area contributed by atoms with Crippen LogP contribution in [0.15, 0.2) is 0 Å². The van der Waals surface area contributed by atoms with E-state index in [9.17, 15) is 14.4 Å². The Bertz CT molecular complexity index is 427. The second-order valence-electron chi connectivity index (χ2n) is 6.69. The lowest BCUT2D eigenvalue weighted by atomic mass is 9.87. The van der Waals surface area contributed by atoms with Crippen LogP contribution >= 0.6 is 0 Å². The summed E-state index contributed by atoms with van der Waals surface area (Å²) >= 11 is 0.